The molecule has 14 heavy (non-hydrogen) atoms. The summed E-state index contributed by atoms with van der Waals surface area (Å²) in [5, 5.41) is 13.0. The van der Waals surface area contributed by atoms with Crippen molar-refractivity contribution < 1.29 is 5.11 Å². The Morgan fingerprint density at radius 2 is 2.43 bits per heavy atom. The molecular formula is C12H15NO. The minimum Gasteiger partial charge on any atom is -0.506 e. The first kappa shape index (κ1) is 9.13. The number of aromatic hydroxyl groups is 1. The topological polar surface area (TPSA) is 32.3 Å². The maximum absolute atomic E-state index is 9.65. The lowest BCUT2D eigenvalue weighted by molar-refractivity contribution is 0.472. The molecular weight excluding hydrogens is 174 g/mol. The van der Waals surface area contributed by atoms with Gasteiger partial charge in [0.1, 0.15) is 5.75 Å². The van der Waals surface area contributed by atoms with E-state index in [2.05, 4.69) is 18.0 Å². The Hall–Kier alpha value is -1.44. The minimum atomic E-state index is 0.358. The van der Waals surface area contributed by atoms with Gasteiger partial charge in [-0.1, -0.05) is 18.2 Å². The maximum atomic E-state index is 9.65. The fraction of sp³-hybridized carbons (Fsp3) is 0.333. The number of hydrogen-bond acceptors (Lipinski definition) is 2. The van der Waals surface area contributed by atoms with Crippen molar-refractivity contribution in [3.05, 3.63) is 36.4 Å². The van der Waals surface area contributed by atoms with Gasteiger partial charge in [0.15, 0.2) is 0 Å². The minimum absolute atomic E-state index is 0.358. The largest absolute Gasteiger partial charge is 0.506 e. The highest BCUT2D eigenvalue weighted by molar-refractivity contribution is 5.63. The Balaban J connectivity index is 2.24. The number of fused-ring (bicyclic) bond motifs is 1. The molecule has 2 rings (SSSR count). The van der Waals surface area contributed by atoms with Crippen molar-refractivity contribution in [2.24, 2.45) is 0 Å². The summed E-state index contributed by atoms with van der Waals surface area (Å²) >= 11 is 0. The monoisotopic (exact) mass is 189 g/mol. The first-order valence-electron chi connectivity index (χ1n) is 4.99. The molecule has 2 N–H and O–H groups in total. The third kappa shape index (κ3) is 1.60. The molecule has 0 saturated heterocycles. The highest BCUT2D eigenvalue weighted by Crippen LogP contribution is 2.33. The molecule has 0 radical (unpaired) electrons. The molecule has 0 aromatic heterocycles. The van der Waals surface area contributed by atoms with Gasteiger partial charge in [-0.05, 0) is 30.9 Å². The van der Waals surface area contributed by atoms with Crippen LogP contribution in [-0.2, 0) is 6.42 Å². The number of anilines is 1. The van der Waals surface area contributed by atoms with Crippen LogP contribution in [0.5, 0.6) is 5.75 Å². The number of phenols is 1. The fourth-order valence-electron chi connectivity index (χ4n) is 1.95. The SMILES string of the molecule is C=CCC1CCc2cccc(O)c2N1. The Morgan fingerprint density at radius 3 is 3.21 bits per heavy atom. The molecule has 1 atom stereocenters. The van der Waals surface area contributed by atoms with Crippen molar-refractivity contribution in [2.45, 2.75) is 25.3 Å². The van der Waals surface area contributed by atoms with Gasteiger partial charge >= 0.3 is 0 Å². The van der Waals surface area contributed by atoms with Crippen LogP contribution in [-0.4, -0.2) is 11.1 Å². The van der Waals surface area contributed by atoms with Gasteiger partial charge in [0.2, 0.25) is 0 Å². The third-order valence-electron chi connectivity index (χ3n) is 2.69. The summed E-state index contributed by atoms with van der Waals surface area (Å²) < 4.78 is 0. The second-order valence-electron chi connectivity index (χ2n) is 3.72. The van der Waals surface area contributed by atoms with Gasteiger partial charge in [-0.15, -0.1) is 6.58 Å². The third-order valence-corrected chi connectivity index (χ3v) is 2.69. The standard InChI is InChI=1S/C12H15NO/c1-2-4-10-8-7-9-5-3-6-11(14)12(9)13-10/h2-3,5-6,10,13-14H,1,4,7-8H2. The smallest absolute Gasteiger partial charge is 0.138 e. The summed E-state index contributed by atoms with van der Waals surface area (Å²) in [5.41, 5.74) is 2.12. The molecule has 1 aliphatic rings. The molecule has 1 unspecified atom stereocenters. The molecule has 0 fully saturated rings. The number of hydrogen-bond donors (Lipinski definition) is 2. The molecule has 0 saturated carbocycles. The van der Waals surface area contributed by atoms with E-state index in [1.807, 2.05) is 12.1 Å². The fourth-order valence-corrected chi connectivity index (χ4v) is 1.95. The zero-order valence-corrected chi connectivity index (χ0v) is 8.16. The van der Waals surface area contributed by atoms with Crippen LogP contribution >= 0.6 is 0 Å². The van der Waals surface area contributed by atoms with E-state index in [0.717, 1.165) is 24.9 Å². The molecule has 2 nitrogen and oxygen atoms in total. The number of phenolic OH excluding ortho intramolecular Hbond substituents is 1. The molecule has 2 heteroatoms. The molecule has 1 aromatic carbocycles. The Labute approximate surface area is 84.3 Å². The normalized spacial score (nSPS) is 19.6. The predicted molar refractivity (Wildman–Crippen MR) is 58.7 cm³/mol. The first-order chi connectivity index (χ1) is 6.81. The Bertz CT molecular complexity index is 346. The van der Waals surface area contributed by atoms with Crippen molar-refractivity contribution in [1.82, 2.24) is 0 Å². The van der Waals surface area contributed by atoms with Gasteiger partial charge in [0, 0.05) is 6.04 Å². The molecule has 1 aliphatic heterocycles. The van der Waals surface area contributed by atoms with Crippen LogP contribution in [0, 0.1) is 0 Å². The Kier molecular flexibility index (Phi) is 2.44. The van der Waals surface area contributed by atoms with Gasteiger partial charge < -0.3 is 10.4 Å². The van der Waals surface area contributed by atoms with Crippen molar-refractivity contribution in [3.63, 3.8) is 0 Å². The highest BCUT2D eigenvalue weighted by atomic mass is 16.3. The van der Waals surface area contributed by atoms with Crippen molar-refractivity contribution >= 4 is 5.69 Å². The zero-order valence-electron chi connectivity index (χ0n) is 8.16. The molecule has 0 amide bonds. The number of benzene rings is 1. The molecule has 1 aromatic rings. The van der Waals surface area contributed by atoms with Gasteiger partial charge in [0.25, 0.3) is 0 Å². The van der Waals surface area contributed by atoms with Crippen LogP contribution in [0.25, 0.3) is 0 Å². The lowest BCUT2D eigenvalue weighted by Crippen LogP contribution is -2.24. The van der Waals surface area contributed by atoms with Gasteiger partial charge in [-0.3, -0.25) is 0 Å². The number of aryl methyl sites for hydroxylation is 1. The van der Waals surface area contributed by atoms with E-state index >= 15 is 0 Å². The van der Waals surface area contributed by atoms with Crippen molar-refractivity contribution in [2.75, 3.05) is 5.32 Å². The summed E-state index contributed by atoms with van der Waals surface area (Å²) in [6.45, 7) is 3.73. The van der Waals surface area contributed by atoms with E-state index in [4.69, 9.17) is 0 Å². The van der Waals surface area contributed by atoms with Crippen LogP contribution in [0.1, 0.15) is 18.4 Å². The van der Waals surface area contributed by atoms with Crippen LogP contribution < -0.4 is 5.32 Å². The van der Waals surface area contributed by atoms with Crippen LogP contribution in [0.2, 0.25) is 0 Å². The first-order valence-corrected chi connectivity index (χ1v) is 4.99. The molecule has 0 aliphatic carbocycles. The summed E-state index contributed by atoms with van der Waals surface area (Å²) in [6.07, 6.45) is 5.02. The van der Waals surface area contributed by atoms with E-state index < -0.39 is 0 Å². The summed E-state index contributed by atoms with van der Waals surface area (Å²) in [6, 6.07) is 6.10. The van der Waals surface area contributed by atoms with Crippen molar-refractivity contribution in [3.8, 4) is 5.75 Å². The van der Waals surface area contributed by atoms with E-state index in [9.17, 15) is 5.11 Å². The van der Waals surface area contributed by atoms with E-state index in [0.29, 0.717) is 11.8 Å². The lowest BCUT2D eigenvalue weighted by Gasteiger charge is -2.26. The van der Waals surface area contributed by atoms with Gasteiger partial charge in [0.05, 0.1) is 5.69 Å². The molecule has 74 valence electrons. The Morgan fingerprint density at radius 1 is 1.57 bits per heavy atom. The summed E-state index contributed by atoms with van der Waals surface area (Å²) in [5.74, 6) is 0.358. The van der Waals surface area contributed by atoms with Gasteiger partial charge in [-0.2, -0.15) is 0 Å². The van der Waals surface area contributed by atoms with Gasteiger partial charge in [-0.25, -0.2) is 0 Å². The van der Waals surface area contributed by atoms with Crippen molar-refractivity contribution in [1.29, 1.82) is 0 Å². The van der Waals surface area contributed by atoms with Crippen LogP contribution in [0.3, 0.4) is 0 Å². The van der Waals surface area contributed by atoms with Crippen LogP contribution in [0.4, 0.5) is 5.69 Å². The molecule has 0 bridgehead atoms. The zero-order chi connectivity index (χ0) is 9.97. The number of rotatable bonds is 2. The quantitative estimate of drug-likeness (QED) is 0.553. The number of nitrogens with one attached hydrogen (secondary N) is 1. The number of para-hydroxylation sites is 1. The lowest BCUT2D eigenvalue weighted by atomic mass is 9.96. The van der Waals surface area contributed by atoms with E-state index in [1.54, 1.807) is 6.07 Å². The molecule has 1 heterocycles. The predicted octanol–water partition coefficient (Wildman–Crippen LogP) is 2.70. The second kappa shape index (κ2) is 3.74. The van der Waals surface area contributed by atoms with E-state index in [-0.39, 0.29) is 0 Å². The van der Waals surface area contributed by atoms with E-state index in [1.165, 1.54) is 5.56 Å². The molecule has 0 spiro atoms. The second-order valence-corrected chi connectivity index (χ2v) is 3.72. The van der Waals surface area contributed by atoms with Crippen LogP contribution in [0.15, 0.2) is 30.9 Å². The summed E-state index contributed by atoms with van der Waals surface area (Å²) in [4.78, 5) is 0. The summed E-state index contributed by atoms with van der Waals surface area (Å²) in [7, 11) is 0. The average Bonchev–Trinajstić information content (AvgIpc) is 2.20. The maximum Gasteiger partial charge on any atom is 0.138 e. The average molecular weight is 189 g/mol. The highest BCUT2D eigenvalue weighted by Gasteiger charge is 2.18.